The lowest BCUT2D eigenvalue weighted by Gasteiger charge is -1.99. The first-order valence-electron chi connectivity index (χ1n) is 3.29. The van der Waals surface area contributed by atoms with Gasteiger partial charge in [0.1, 0.15) is 0 Å². The van der Waals surface area contributed by atoms with Crippen LogP contribution in [0.15, 0.2) is 23.4 Å². The maximum Gasteiger partial charge on any atom is 0.175 e. The molecule has 2 nitrogen and oxygen atoms in total. The van der Waals surface area contributed by atoms with Gasteiger partial charge in [-0.3, -0.25) is 0 Å². The van der Waals surface area contributed by atoms with Gasteiger partial charge in [-0.25, -0.2) is 0 Å². The highest BCUT2D eigenvalue weighted by atomic mass is 35.5. The van der Waals surface area contributed by atoms with Gasteiger partial charge in [0, 0.05) is 10.6 Å². The van der Waals surface area contributed by atoms with Crippen molar-refractivity contribution < 1.29 is 5.21 Å². The molecule has 0 saturated heterocycles. The molecule has 0 amide bonds. The van der Waals surface area contributed by atoms with Crippen molar-refractivity contribution in [1.82, 2.24) is 0 Å². The third kappa shape index (κ3) is 1.90. The predicted octanol–water partition coefficient (Wildman–Crippen LogP) is 3.02. The minimum atomic E-state index is 0.0388. The molecule has 1 aromatic carbocycles. The van der Waals surface area contributed by atoms with Crippen LogP contribution in [0.5, 0.6) is 0 Å². The average Bonchev–Trinajstić information content (AvgIpc) is 2.08. The standard InChI is InChI=1S/C8H7Cl2NO/c1-5-2-3-6(4-7(5)9)8(10)11-12/h2-4,12H,1H3. The van der Waals surface area contributed by atoms with E-state index in [1.165, 1.54) is 0 Å². The van der Waals surface area contributed by atoms with Gasteiger partial charge >= 0.3 is 0 Å². The number of hydrogen-bond acceptors (Lipinski definition) is 2. The van der Waals surface area contributed by atoms with E-state index < -0.39 is 0 Å². The monoisotopic (exact) mass is 203 g/mol. The molecule has 64 valence electrons. The van der Waals surface area contributed by atoms with Crippen LogP contribution in [0.1, 0.15) is 11.1 Å². The molecule has 0 unspecified atom stereocenters. The van der Waals surface area contributed by atoms with Crippen molar-refractivity contribution in [2.45, 2.75) is 6.92 Å². The quantitative estimate of drug-likeness (QED) is 0.425. The van der Waals surface area contributed by atoms with E-state index in [1.54, 1.807) is 12.1 Å². The van der Waals surface area contributed by atoms with Gasteiger partial charge in [0.2, 0.25) is 0 Å². The highest BCUT2D eigenvalue weighted by molar-refractivity contribution is 6.69. The average molecular weight is 204 g/mol. The Balaban J connectivity index is 3.13. The van der Waals surface area contributed by atoms with Crippen LogP contribution in [-0.4, -0.2) is 10.4 Å². The maximum atomic E-state index is 8.36. The predicted molar refractivity (Wildman–Crippen MR) is 50.4 cm³/mol. The van der Waals surface area contributed by atoms with Crippen molar-refractivity contribution in [1.29, 1.82) is 0 Å². The zero-order chi connectivity index (χ0) is 9.14. The summed E-state index contributed by atoms with van der Waals surface area (Å²) in [5.41, 5.74) is 1.57. The number of nitrogens with zero attached hydrogens (tertiary/aromatic N) is 1. The lowest BCUT2D eigenvalue weighted by Crippen LogP contribution is -1.91. The molecule has 0 bridgehead atoms. The molecule has 0 spiro atoms. The van der Waals surface area contributed by atoms with Crippen molar-refractivity contribution in [2.24, 2.45) is 5.16 Å². The van der Waals surface area contributed by atoms with Crippen LogP contribution >= 0.6 is 23.2 Å². The first-order chi connectivity index (χ1) is 5.65. The number of benzene rings is 1. The zero-order valence-electron chi connectivity index (χ0n) is 6.38. The van der Waals surface area contributed by atoms with E-state index >= 15 is 0 Å². The number of rotatable bonds is 1. The van der Waals surface area contributed by atoms with Gasteiger partial charge in [0.05, 0.1) is 0 Å². The molecule has 0 aliphatic rings. The van der Waals surface area contributed by atoms with E-state index in [0.717, 1.165) is 5.56 Å². The van der Waals surface area contributed by atoms with Crippen LogP contribution in [0.2, 0.25) is 5.02 Å². The number of hydrogen-bond donors (Lipinski definition) is 1. The molecule has 0 aliphatic carbocycles. The van der Waals surface area contributed by atoms with Crippen LogP contribution in [0.4, 0.5) is 0 Å². The van der Waals surface area contributed by atoms with Crippen molar-refractivity contribution in [3.63, 3.8) is 0 Å². The molecule has 0 radical (unpaired) electrons. The SMILES string of the molecule is Cc1ccc(C(Cl)=NO)cc1Cl. The van der Waals surface area contributed by atoms with E-state index in [2.05, 4.69) is 5.16 Å². The minimum absolute atomic E-state index is 0.0388. The van der Waals surface area contributed by atoms with Gasteiger partial charge in [0.25, 0.3) is 0 Å². The van der Waals surface area contributed by atoms with E-state index in [1.807, 2.05) is 13.0 Å². The number of oxime groups is 1. The Hall–Kier alpha value is -0.730. The molecule has 0 atom stereocenters. The Morgan fingerprint density at radius 3 is 2.67 bits per heavy atom. The van der Waals surface area contributed by atoms with Gasteiger partial charge in [-0.1, -0.05) is 40.5 Å². The summed E-state index contributed by atoms with van der Waals surface area (Å²) in [6.45, 7) is 1.89. The van der Waals surface area contributed by atoms with E-state index in [-0.39, 0.29) is 5.17 Å². The molecule has 0 aliphatic heterocycles. The van der Waals surface area contributed by atoms with Crippen molar-refractivity contribution in [3.8, 4) is 0 Å². The Kier molecular flexibility index (Phi) is 2.95. The second-order valence-electron chi connectivity index (χ2n) is 2.35. The van der Waals surface area contributed by atoms with E-state index in [9.17, 15) is 0 Å². The van der Waals surface area contributed by atoms with Gasteiger partial charge in [-0.15, -0.1) is 0 Å². The maximum absolute atomic E-state index is 8.36. The smallest absolute Gasteiger partial charge is 0.175 e. The molecule has 1 aromatic rings. The molecule has 1 rings (SSSR count). The van der Waals surface area contributed by atoms with Gasteiger partial charge in [-0.05, 0) is 18.6 Å². The summed E-state index contributed by atoms with van der Waals surface area (Å²) in [6, 6.07) is 5.20. The molecular formula is C8H7Cl2NO. The fourth-order valence-corrected chi connectivity index (χ4v) is 1.08. The van der Waals surface area contributed by atoms with Gasteiger partial charge in [0.15, 0.2) is 5.17 Å². The van der Waals surface area contributed by atoms with Gasteiger partial charge in [-0.2, -0.15) is 0 Å². The molecule has 0 saturated carbocycles. The normalized spacial score (nSPS) is 11.8. The molecule has 0 heterocycles. The second kappa shape index (κ2) is 3.78. The Bertz CT molecular complexity index is 323. The minimum Gasteiger partial charge on any atom is -0.410 e. The second-order valence-corrected chi connectivity index (χ2v) is 3.12. The zero-order valence-corrected chi connectivity index (χ0v) is 7.89. The van der Waals surface area contributed by atoms with Crippen LogP contribution in [0.3, 0.4) is 0 Å². The summed E-state index contributed by atoms with van der Waals surface area (Å²) in [4.78, 5) is 0. The summed E-state index contributed by atoms with van der Waals surface area (Å²) in [7, 11) is 0. The first-order valence-corrected chi connectivity index (χ1v) is 4.05. The summed E-state index contributed by atoms with van der Waals surface area (Å²) in [5, 5.41) is 11.9. The lowest BCUT2D eigenvalue weighted by molar-refractivity contribution is 0.321. The van der Waals surface area contributed by atoms with E-state index in [0.29, 0.717) is 10.6 Å². The van der Waals surface area contributed by atoms with Crippen LogP contribution in [0, 0.1) is 6.92 Å². The number of halogens is 2. The van der Waals surface area contributed by atoms with Crippen LogP contribution in [0.25, 0.3) is 0 Å². The first kappa shape index (κ1) is 9.36. The summed E-state index contributed by atoms with van der Waals surface area (Å²) in [5.74, 6) is 0. The van der Waals surface area contributed by atoms with Crippen LogP contribution in [-0.2, 0) is 0 Å². The third-order valence-electron chi connectivity index (χ3n) is 1.50. The Labute approximate surface area is 80.4 Å². The molecular weight excluding hydrogens is 197 g/mol. The Morgan fingerprint density at radius 2 is 2.17 bits per heavy atom. The topological polar surface area (TPSA) is 32.6 Å². The summed E-state index contributed by atoms with van der Waals surface area (Å²) >= 11 is 11.4. The molecule has 1 N–H and O–H groups in total. The lowest BCUT2D eigenvalue weighted by atomic mass is 10.2. The van der Waals surface area contributed by atoms with Crippen molar-refractivity contribution >= 4 is 28.4 Å². The van der Waals surface area contributed by atoms with Crippen molar-refractivity contribution in [2.75, 3.05) is 0 Å². The van der Waals surface area contributed by atoms with E-state index in [4.69, 9.17) is 28.4 Å². The fourth-order valence-electron chi connectivity index (χ4n) is 0.779. The molecule has 0 aromatic heterocycles. The highest BCUT2D eigenvalue weighted by Crippen LogP contribution is 2.17. The Morgan fingerprint density at radius 1 is 1.50 bits per heavy atom. The molecule has 4 heteroatoms. The van der Waals surface area contributed by atoms with Gasteiger partial charge < -0.3 is 5.21 Å². The summed E-state index contributed by atoms with van der Waals surface area (Å²) < 4.78 is 0. The third-order valence-corrected chi connectivity index (χ3v) is 2.20. The largest absolute Gasteiger partial charge is 0.410 e. The summed E-state index contributed by atoms with van der Waals surface area (Å²) in [6.07, 6.45) is 0. The fraction of sp³-hybridized carbons (Fsp3) is 0.125. The van der Waals surface area contributed by atoms with Crippen molar-refractivity contribution in [3.05, 3.63) is 34.3 Å². The van der Waals surface area contributed by atoms with Crippen LogP contribution < -0.4 is 0 Å². The molecule has 12 heavy (non-hydrogen) atoms. The highest BCUT2D eigenvalue weighted by Gasteiger charge is 2.02. The molecule has 0 fully saturated rings. The number of aryl methyl sites for hydroxylation is 1.